The number of benzene rings is 1. The number of nitrogens with zero attached hydrogens (tertiary/aromatic N) is 2. The second-order valence-corrected chi connectivity index (χ2v) is 4.62. The van der Waals surface area contributed by atoms with Crippen molar-refractivity contribution in [3.8, 4) is 0 Å². The third-order valence-electron chi connectivity index (χ3n) is 2.87. The predicted octanol–water partition coefficient (Wildman–Crippen LogP) is 2.83. The van der Waals surface area contributed by atoms with Gasteiger partial charge in [-0.25, -0.2) is 15.2 Å². The largest absolute Gasteiger partial charge is 0.309 e. The first-order chi connectivity index (χ1) is 10.0. The first-order valence-corrected chi connectivity index (χ1v) is 6.64. The van der Waals surface area contributed by atoms with Crippen LogP contribution in [0.15, 0.2) is 36.4 Å². The number of nitrogens with two attached hydrogens (primary N) is 1. The van der Waals surface area contributed by atoms with E-state index in [0.717, 1.165) is 0 Å². The van der Waals surface area contributed by atoms with Crippen molar-refractivity contribution in [1.29, 1.82) is 0 Å². The van der Waals surface area contributed by atoms with Gasteiger partial charge in [-0.3, -0.25) is 4.79 Å². The number of hydrogen-bond acceptors (Lipinski definition) is 4. The van der Waals surface area contributed by atoms with Gasteiger partial charge in [0.1, 0.15) is 16.8 Å². The van der Waals surface area contributed by atoms with E-state index in [4.69, 9.17) is 17.4 Å². The van der Waals surface area contributed by atoms with Crippen LogP contribution in [-0.2, 0) is 0 Å². The van der Waals surface area contributed by atoms with Crippen molar-refractivity contribution in [3.63, 3.8) is 0 Å². The molecule has 0 saturated heterocycles. The van der Waals surface area contributed by atoms with E-state index in [1.54, 1.807) is 19.1 Å². The van der Waals surface area contributed by atoms with Gasteiger partial charge in [0.25, 0.3) is 5.91 Å². The van der Waals surface area contributed by atoms with Gasteiger partial charge in [-0.15, -0.1) is 0 Å². The van der Waals surface area contributed by atoms with Crippen LogP contribution in [0.25, 0.3) is 0 Å². The molecular weight excluding hydrogens is 295 g/mol. The lowest BCUT2D eigenvalue weighted by molar-refractivity contribution is 0.0988. The summed E-state index contributed by atoms with van der Waals surface area (Å²) in [5, 5.41) is 0.143. The minimum atomic E-state index is -0.407. The van der Waals surface area contributed by atoms with Crippen LogP contribution < -0.4 is 16.2 Å². The van der Waals surface area contributed by atoms with E-state index in [2.05, 4.69) is 10.4 Å². The van der Waals surface area contributed by atoms with Crippen molar-refractivity contribution in [1.82, 2.24) is 4.98 Å². The smallest absolute Gasteiger partial charge is 0.258 e. The molecule has 5 nitrogen and oxygen atoms in total. The Morgan fingerprint density at radius 2 is 2.19 bits per heavy atom. The second kappa shape index (κ2) is 6.51. The second-order valence-electron chi connectivity index (χ2n) is 4.24. The molecule has 2 aromatic rings. The van der Waals surface area contributed by atoms with E-state index in [1.807, 2.05) is 0 Å². The highest BCUT2D eigenvalue weighted by atomic mass is 35.5. The molecule has 0 spiro atoms. The summed E-state index contributed by atoms with van der Waals surface area (Å²) in [5.41, 5.74) is 3.13. The van der Waals surface area contributed by atoms with Crippen molar-refractivity contribution in [3.05, 3.63) is 52.9 Å². The average Bonchev–Trinajstić information content (AvgIpc) is 2.47. The quantitative estimate of drug-likeness (QED) is 0.517. The summed E-state index contributed by atoms with van der Waals surface area (Å²) < 4.78 is 13.3. The Hall–Kier alpha value is -2.18. The molecule has 1 heterocycles. The number of aromatic nitrogens is 1. The number of carbonyl (C=O) groups is 1. The number of carbonyl (C=O) groups excluding carboxylic acids is 1. The molecule has 1 aromatic heterocycles. The molecule has 2 rings (SSSR count). The normalized spacial score (nSPS) is 10.3. The molecule has 1 aromatic carbocycles. The fraction of sp³-hybridized carbons (Fsp3) is 0.143. The van der Waals surface area contributed by atoms with E-state index in [9.17, 15) is 9.18 Å². The lowest BCUT2D eigenvalue weighted by Crippen LogP contribution is -2.30. The van der Waals surface area contributed by atoms with Crippen molar-refractivity contribution in [2.45, 2.75) is 6.92 Å². The Balaban J connectivity index is 2.39. The van der Waals surface area contributed by atoms with E-state index in [1.165, 1.54) is 29.2 Å². The Bertz CT molecular complexity index is 665. The number of pyridine rings is 1. The van der Waals surface area contributed by atoms with E-state index in [0.29, 0.717) is 17.8 Å². The molecule has 3 N–H and O–H groups in total. The number of nitrogen functional groups attached to an aromatic ring is 1. The van der Waals surface area contributed by atoms with Crippen molar-refractivity contribution in [2.75, 3.05) is 16.9 Å². The van der Waals surface area contributed by atoms with Gasteiger partial charge in [-0.2, -0.15) is 0 Å². The van der Waals surface area contributed by atoms with Gasteiger partial charge in [0.2, 0.25) is 0 Å². The van der Waals surface area contributed by atoms with Crippen LogP contribution in [-0.4, -0.2) is 17.4 Å². The fourth-order valence-corrected chi connectivity index (χ4v) is 2.15. The number of amides is 1. The summed E-state index contributed by atoms with van der Waals surface area (Å²) in [6.07, 6.45) is 0. The van der Waals surface area contributed by atoms with Crippen molar-refractivity contribution in [2.24, 2.45) is 5.84 Å². The summed E-state index contributed by atoms with van der Waals surface area (Å²) in [5.74, 6) is 4.84. The first-order valence-electron chi connectivity index (χ1n) is 6.26. The van der Waals surface area contributed by atoms with Crippen LogP contribution in [0.2, 0.25) is 5.15 Å². The molecule has 7 heteroatoms. The molecule has 0 unspecified atom stereocenters. The molecule has 1 amide bonds. The standard InChI is InChI=1S/C14H14ClFN4O/c1-2-20(11-5-3-4-10(16)8-11)14(21)9-6-12(15)18-13(7-9)19-17/h3-8H,2,17H2,1H3,(H,18,19). The molecule has 0 fully saturated rings. The number of halogens is 2. The molecule has 21 heavy (non-hydrogen) atoms. The Morgan fingerprint density at radius 1 is 1.43 bits per heavy atom. The van der Waals surface area contributed by atoms with Gasteiger partial charge >= 0.3 is 0 Å². The topological polar surface area (TPSA) is 71.2 Å². The maximum absolute atomic E-state index is 13.3. The Morgan fingerprint density at radius 3 is 2.81 bits per heavy atom. The molecule has 110 valence electrons. The van der Waals surface area contributed by atoms with Crippen molar-refractivity contribution >= 4 is 29.0 Å². The predicted molar refractivity (Wildman–Crippen MR) is 80.8 cm³/mol. The van der Waals surface area contributed by atoms with Gasteiger partial charge < -0.3 is 10.3 Å². The van der Waals surface area contributed by atoms with Crippen LogP contribution in [0.3, 0.4) is 0 Å². The lowest BCUT2D eigenvalue weighted by atomic mass is 10.2. The molecule has 0 bridgehead atoms. The average molecular weight is 309 g/mol. The summed E-state index contributed by atoms with van der Waals surface area (Å²) >= 11 is 5.85. The zero-order valence-electron chi connectivity index (χ0n) is 11.3. The maximum Gasteiger partial charge on any atom is 0.258 e. The number of hydrazine groups is 1. The molecule has 0 aliphatic heterocycles. The van der Waals surface area contributed by atoms with Gasteiger partial charge in [0, 0.05) is 17.8 Å². The van der Waals surface area contributed by atoms with Crippen molar-refractivity contribution < 1.29 is 9.18 Å². The summed E-state index contributed by atoms with van der Waals surface area (Å²) in [7, 11) is 0. The number of anilines is 2. The van der Waals surface area contributed by atoms with Crippen LogP contribution >= 0.6 is 11.6 Å². The fourth-order valence-electron chi connectivity index (χ4n) is 1.94. The first kappa shape index (κ1) is 15.2. The number of rotatable bonds is 4. The van der Waals surface area contributed by atoms with Crippen LogP contribution in [0.1, 0.15) is 17.3 Å². The highest BCUT2D eigenvalue weighted by Crippen LogP contribution is 2.21. The lowest BCUT2D eigenvalue weighted by Gasteiger charge is -2.21. The van der Waals surface area contributed by atoms with E-state index >= 15 is 0 Å². The zero-order valence-corrected chi connectivity index (χ0v) is 12.1. The van der Waals surface area contributed by atoms with E-state index in [-0.39, 0.29) is 16.9 Å². The zero-order chi connectivity index (χ0) is 15.4. The SMILES string of the molecule is CCN(C(=O)c1cc(Cl)nc(NN)c1)c1cccc(F)c1. The van der Waals surface area contributed by atoms with E-state index < -0.39 is 5.82 Å². The maximum atomic E-state index is 13.3. The number of hydrogen-bond donors (Lipinski definition) is 2. The molecule has 0 radical (unpaired) electrons. The van der Waals surface area contributed by atoms with Gasteiger partial charge in [0.05, 0.1) is 0 Å². The van der Waals surface area contributed by atoms with Crippen LogP contribution in [0.5, 0.6) is 0 Å². The summed E-state index contributed by atoms with van der Waals surface area (Å²) in [4.78, 5) is 17.9. The summed E-state index contributed by atoms with van der Waals surface area (Å²) in [6, 6.07) is 8.75. The van der Waals surface area contributed by atoms with Gasteiger partial charge in [0.15, 0.2) is 0 Å². The molecule has 0 aliphatic rings. The summed E-state index contributed by atoms with van der Waals surface area (Å²) in [6.45, 7) is 2.18. The Kier molecular flexibility index (Phi) is 4.72. The third-order valence-corrected chi connectivity index (χ3v) is 3.06. The molecular formula is C14H14ClFN4O. The Labute approximate surface area is 126 Å². The minimum Gasteiger partial charge on any atom is -0.309 e. The number of nitrogens with one attached hydrogen (secondary N) is 1. The highest BCUT2D eigenvalue weighted by molar-refractivity contribution is 6.30. The highest BCUT2D eigenvalue weighted by Gasteiger charge is 2.18. The van der Waals surface area contributed by atoms with Gasteiger partial charge in [-0.05, 0) is 37.3 Å². The molecule has 0 atom stereocenters. The van der Waals surface area contributed by atoms with Crippen LogP contribution in [0.4, 0.5) is 15.9 Å². The molecule has 0 saturated carbocycles. The molecule has 0 aliphatic carbocycles. The minimum absolute atomic E-state index is 0.143. The van der Waals surface area contributed by atoms with Crippen LogP contribution in [0, 0.1) is 5.82 Å². The van der Waals surface area contributed by atoms with Gasteiger partial charge in [-0.1, -0.05) is 17.7 Å². The third kappa shape index (κ3) is 3.48. The monoisotopic (exact) mass is 308 g/mol.